The van der Waals surface area contributed by atoms with E-state index in [9.17, 15) is 4.79 Å². The monoisotopic (exact) mass is 261 g/mol. The van der Waals surface area contributed by atoms with Crippen LogP contribution in [0.1, 0.15) is 30.6 Å². The highest BCUT2D eigenvalue weighted by Crippen LogP contribution is 2.06. The predicted molar refractivity (Wildman–Crippen MR) is 71.6 cm³/mol. The van der Waals surface area contributed by atoms with Gasteiger partial charge in [0.2, 0.25) is 5.91 Å². The third kappa shape index (κ3) is 3.43. The minimum absolute atomic E-state index is 0.00684. The molecule has 102 valence electrons. The van der Waals surface area contributed by atoms with Crippen LogP contribution in [0.4, 0.5) is 0 Å². The Morgan fingerprint density at radius 1 is 1.58 bits per heavy atom. The summed E-state index contributed by atoms with van der Waals surface area (Å²) in [4.78, 5) is 11.9. The molecular formula is C13H19N5O. The van der Waals surface area contributed by atoms with E-state index in [1.165, 1.54) is 5.56 Å². The number of rotatable bonds is 6. The lowest BCUT2D eigenvalue weighted by Crippen LogP contribution is -2.32. The molecule has 2 N–H and O–H groups in total. The number of hydrogen-bond donors (Lipinski definition) is 2. The van der Waals surface area contributed by atoms with Crippen LogP contribution in [0.15, 0.2) is 24.7 Å². The van der Waals surface area contributed by atoms with Crippen molar-refractivity contribution in [2.45, 2.75) is 32.7 Å². The van der Waals surface area contributed by atoms with E-state index in [4.69, 9.17) is 0 Å². The molecule has 2 heterocycles. The second-order valence-electron chi connectivity index (χ2n) is 4.58. The summed E-state index contributed by atoms with van der Waals surface area (Å²) in [7, 11) is 0. The summed E-state index contributed by atoms with van der Waals surface area (Å²) in [6.45, 7) is 4.50. The van der Waals surface area contributed by atoms with Gasteiger partial charge in [0.15, 0.2) is 0 Å². The van der Waals surface area contributed by atoms with Crippen LogP contribution in [-0.2, 0) is 11.2 Å². The fraction of sp³-hybridized carbons (Fsp3) is 0.462. The standard InChI is InChI=1S/C13H19N5O/c1-10-12(9-15-17-10)5-3-6-14-13(19)11(2)18-8-4-7-16-18/h4,7-9,11H,3,5-6H2,1-2H3,(H,14,19)(H,15,17). The number of nitrogens with one attached hydrogen (secondary N) is 2. The van der Waals surface area contributed by atoms with Crippen molar-refractivity contribution in [3.8, 4) is 0 Å². The molecule has 0 spiro atoms. The molecule has 0 saturated carbocycles. The van der Waals surface area contributed by atoms with Crippen LogP contribution in [0.3, 0.4) is 0 Å². The van der Waals surface area contributed by atoms with Gasteiger partial charge in [-0.2, -0.15) is 10.2 Å². The Labute approximate surface area is 112 Å². The minimum Gasteiger partial charge on any atom is -0.354 e. The van der Waals surface area contributed by atoms with Crippen LogP contribution in [0.5, 0.6) is 0 Å². The van der Waals surface area contributed by atoms with Crippen molar-refractivity contribution in [2.24, 2.45) is 0 Å². The maximum absolute atomic E-state index is 11.9. The van der Waals surface area contributed by atoms with Crippen molar-refractivity contribution in [2.75, 3.05) is 6.54 Å². The fourth-order valence-electron chi connectivity index (χ4n) is 1.90. The van der Waals surface area contributed by atoms with Crippen LogP contribution in [-0.4, -0.2) is 32.4 Å². The summed E-state index contributed by atoms with van der Waals surface area (Å²) in [5.41, 5.74) is 2.30. The molecule has 0 saturated heterocycles. The Kier molecular flexibility index (Phi) is 4.33. The van der Waals surface area contributed by atoms with Crippen LogP contribution in [0.2, 0.25) is 0 Å². The lowest BCUT2D eigenvalue weighted by atomic mass is 10.1. The number of carbonyl (C=O) groups excluding carboxylic acids is 1. The van der Waals surface area contributed by atoms with Crippen molar-refractivity contribution in [3.63, 3.8) is 0 Å². The molecule has 1 amide bonds. The van der Waals surface area contributed by atoms with Gasteiger partial charge in [-0.15, -0.1) is 0 Å². The molecule has 1 unspecified atom stereocenters. The van der Waals surface area contributed by atoms with Gasteiger partial charge < -0.3 is 5.32 Å². The highest BCUT2D eigenvalue weighted by atomic mass is 16.2. The Morgan fingerprint density at radius 2 is 2.42 bits per heavy atom. The van der Waals surface area contributed by atoms with Gasteiger partial charge in [0, 0.05) is 24.6 Å². The number of hydrogen-bond acceptors (Lipinski definition) is 3. The van der Waals surface area contributed by atoms with Gasteiger partial charge in [-0.3, -0.25) is 14.6 Å². The highest BCUT2D eigenvalue weighted by molar-refractivity contribution is 5.79. The Balaban J connectivity index is 1.71. The number of aromatic amines is 1. The number of H-pyrrole nitrogens is 1. The lowest BCUT2D eigenvalue weighted by Gasteiger charge is -2.12. The van der Waals surface area contributed by atoms with Crippen molar-refractivity contribution < 1.29 is 4.79 Å². The smallest absolute Gasteiger partial charge is 0.244 e. The van der Waals surface area contributed by atoms with Crippen molar-refractivity contribution in [3.05, 3.63) is 35.9 Å². The molecule has 0 aliphatic carbocycles. The van der Waals surface area contributed by atoms with E-state index in [0.717, 1.165) is 18.5 Å². The average Bonchev–Trinajstić information content (AvgIpc) is 3.05. The minimum atomic E-state index is -0.273. The number of aryl methyl sites for hydroxylation is 2. The first kappa shape index (κ1) is 13.3. The number of carbonyl (C=O) groups is 1. The zero-order valence-electron chi connectivity index (χ0n) is 11.3. The first-order chi connectivity index (χ1) is 9.18. The molecule has 0 aromatic carbocycles. The van der Waals surface area contributed by atoms with Gasteiger partial charge in [-0.25, -0.2) is 0 Å². The summed E-state index contributed by atoms with van der Waals surface area (Å²) in [5, 5.41) is 13.9. The van der Waals surface area contributed by atoms with E-state index in [-0.39, 0.29) is 11.9 Å². The maximum atomic E-state index is 11.9. The van der Waals surface area contributed by atoms with Crippen LogP contribution < -0.4 is 5.32 Å². The highest BCUT2D eigenvalue weighted by Gasteiger charge is 2.13. The number of amides is 1. The molecule has 0 fully saturated rings. The van der Waals surface area contributed by atoms with E-state index < -0.39 is 0 Å². The number of nitrogens with zero attached hydrogens (tertiary/aromatic N) is 3. The molecule has 2 aromatic rings. The van der Waals surface area contributed by atoms with Gasteiger partial charge in [0.25, 0.3) is 0 Å². The lowest BCUT2D eigenvalue weighted by molar-refractivity contribution is -0.124. The zero-order valence-corrected chi connectivity index (χ0v) is 11.3. The normalized spacial score (nSPS) is 12.3. The molecule has 0 bridgehead atoms. The van der Waals surface area contributed by atoms with E-state index in [1.807, 2.05) is 26.1 Å². The Morgan fingerprint density at radius 3 is 3.05 bits per heavy atom. The van der Waals surface area contributed by atoms with Gasteiger partial charge in [-0.1, -0.05) is 0 Å². The summed E-state index contributed by atoms with van der Waals surface area (Å²) >= 11 is 0. The van der Waals surface area contributed by atoms with E-state index in [1.54, 1.807) is 17.1 Å². The summed E-state index contributed by atoms with van der Waals surface area (Å²) in [6, 6.07) is 1.54. The topological polar surface area (TPSA) is 75.6 Å². The van der Waals surface area contributed by atoms with Crippen molar-refractivity contribution in [1.29, 1.82) is 0 Å². The fourth-order valence-corrected chi connectivity index (χ4v) is 1.90. The first-order valence-electron chi connectivity index (χ1n) is 6.44. The van der Waals surface area contributed by atoms with E-state index in [2.05, 4.69) is 20.6 Å². The molecular weight excluding hydrogens is 242 g/mol. The Hall–Kier alpha value is -2.11. The average molecular weight is 261 g/mol. The molecule has 0 radical (unpaired) electrons. The van der Waals surface area contributed by atoms with Crippen LogP contribution >= 0.6 is 0 Å². The third-order valence-electron chi connectivity index (χ3n) is 3.16. The summed E-state index contributed by atoms with van der Waals surface area (Å²) in [5.74, 6) is -0.00684. The molecule has 6 heteroatoms. The quantitative estimate of drug-likeness (QED) is 0.768. The SMILES string of the molecule is Cc1[nH]ncc1CCCNC(=O)C(C)n1cccn1. The van der Waals surface area contributed by atoms with Gasteiger partial charge >= 0.3 is 0 Å². The van der Waals surface area contributed by atoms with E-state index in [0.29, 0.717) is 6.54 Å². The van der Waals surface area contributed by atoms with Crippen LogP contribution in [0.25, 0.3) is 0 Å². The largest absolute Gasteiger partial charge is 0.354 e. The molecule has 0 aliphatic heterocycles. The van der Waals surface area contributed by atoms with Crippen LogP contribution in [0, 0.1) is 6.92 Å². The maximum Gasteiger partial charge on any atom is 0.244 e. The van der Waals surface area contributed by atoms with Gasteiger partial charge in [0.1, 0.15) is 6.04 Å². The predicted octanol–water partition coefficient (Wildman–Crippen LogP) is 1.22. The molecule has 2 rings (SSSR count). The van der Waals surface area contributed by atoms with Crippen molar-refractivity contribution >= 4 is 5.91 Å². The zero-order chi connectivity index (χ0) is 13.7. The van der Waals surface area contributed by atoms with E-state index >= 15 is 0 Å². The summed E-state index contributed by atoms with van der Waals surface area (Å²) < 4.78 is 1.65. The van der Waals surface area contributed by atoms with Crippen molar-refractivity contribution in [1.82, 2.24) is 25.3 Å². The Bertz CT molecular complexity index is 517. The second kappa shape index (κ2) is 6.17. The molecule has 1 atom stereocenters. The third-order valence-corrected chi connectivity index (χ3v) is 3.16. The molecule has 2 aromatic heterocycles. The molecule has 6 nitrogen and oxygen atoms in total. The second-order valence-corrected chi connectivity index (χ2v) is 4.58. The molecule has 19 heavy (non-hydrogen) atoms. The number of aromatic nitrogens is 4. The molecule has 0 aliphatic rings. The first-order valence-corrected chi connectivity index (χ1v) is 6.44. The summed E-state index contributed by atoms with van der Waals surface area (Å²) in [6.07, 6.45) is 7.12. The van der Waals surface area contributed by atoms with Gasteiger partial charge in [-0.05, 0) is 38.3 Å². The van der Waals surface area contributed by atoms with Gasteiger partial charge in [0.05, 0.1) is 6.20 Å².